The Balaban J connectivity index is 1.65. The summed E-state index contributed by atoms with van der Waals surface area (Å²) >= 11 is 0. The summed E-state index contributed by atoms with van der Waals surface area (Å²) in [7, 11) is 2.06. The summed E-state index contributed by atoms with van der Waals surface area (Å²) in [4.78, 5) is 2.19. The van der Waals surface area contributed by atoms with Gasteiger partial charge in [0.15, 0.2) is 0 Å². The first-order valence-corrected chi connectivity index (χ1v) is 7.77. The van der Waals surface area contributed by atoms with Crippen LogP contribution in [0.2, 0.25) is 0 Å². The molecule has 1 aromatic rings. The third kappa shape index (κ3) is 6.04. The topological polar surface area (TPSA) is 41.9 Å². The second-order valence-electron chi connectivity index (χ2n) is 6.05. The number of likely N-dealkylation sites (N-methyl/N-ethyl adjacent to an activating group) is 1. The van der Waals surface area contributed by atoms with Crippen molar-refractivity contribution in [2.24, 2.45) is 5.92 Å². The minimum atomic E-state index is -0.462. The van der Waals surface area contributed by atoms with Gasteiger partial charge in [-0.05, 0) is 44.9 Å². The van der Waals surface area contributed by atoms with Crippen molar-refractivity contribution in [1.82, 2.24) is 4.90 Å². The highest BCUT2D eigenvalue weighted by molar-refractivity contribution is 5.26. The van der Waals surface area contributed by atoms with E-state index in [1.807, 2.05) is 31.2 Å². The molecule has 118 valence electrons. The van der Waals surface area contributed by atoms with Crippen LogP contribution in [-0.4, -0.2) is 56.1 Å². The fourth-order valence-corrected chi connectivity index (χ4v) is 2.68. The largest absolute Gasteiger partial charge is 0.491 e. The van der Waals surface area contributed by atoms with E-state index in [1.165, 1.54) is 5.56 Å². The number of aliphatic hydroxyl groups is 1. The number of aryl methyl sites for hydroxylation is 1. The maximum atomic E-state index is 10.1. The second-order valence-corrected chi connectivity index (χ2v) is 6.05. The van der Waals surface area contributed by atoms with Gasteiger partial charge in [0.2, 0.25) is 0 Å². The molecule has 21 heavy (non-hydrogen) atoms. The van der Waals surface area contributed by atoms with Gasteiger partial charge in [-0.1, -0.05) is 17.7 Å². The molecule has 0 spiro atoms. The lowest BCUT2D eigenvalue weighted by atomic mass is 10.00. The molecule has 0 saturated carbocycles. The Kier molecular flexibility index (Phi) is 6.49. The van der Waals surface area contributed by atoms with Crippen LogP contribution in [0.15, 0.2) is 24.3 Å². The van der Waals surface area contributed by atoms with Gasteiger partial charge >= 0.3 is 0 Å². The molecule has 1 N–H and O–H groups in total. The van der Waals surface area contributed by atoms with Crippen molar-refractivity contribution in [2.45, 2.75) is 25.9 Å². The van der Waals surface area contributed by atoms with Crippen molar-refractivity contribution < 1.29 is 14.6 Å². The van der Waals surface area contributed by atoms with Crippen molar-refractivity contribution >= 4 is 0 Å². The number of hydrogen-bond donors (Lipinski definition) is 1. The molecule has 1 fully saturated rings. The third-order valence-corrected chi connectivity index (χ3v) is 3.90. The Morgan fingerprint density at radius 3 is 2.62 bits per heavy atom. The SMILES string of the molecule is Cc1ccc(OCC(O)CN(C)CC2CCOCC2)cc1. The average molecular weight is 293 g/mol. The minimum Gasteiger partial charge on any atom is -0.491 e. The molecule has 0 radical (unpaired) electrons. The molecular weight excluding hydrogens is 266 g/mol. The minimum absolute atomic E-state index is 0.335. The monoisotopic (exact) mass is 293 g/mol. The van der Waals surface area contributed by atoms with E-state index in [-0.39, 0.29) is 0 Å². The van der Waals surface area contributed by atoms with E-state index in [9.17, 15) is 5.11 Å². The molecule has 1 heterocycles. The van der Waals surface area contributed by atoms with Crippen LogP contribution in [0.1, 0.15) is 18.4 Å². The summed E-state index contributed by atoms with van der Waals surface area (Å²) in [6, 6.07) is 7.90. The fourth-order valence-electron chi connectivity index (χ4n) is 2.68. The van der Waals surface area contributed by atoms with Gasteiger partial charge in [-0.25, -0.2) is 0 Å². The normalized spacial score (nSPS) is 17.9. The molecule has 0 aliphatic carbocycles. The van der Waals surface area contributed by atoms with Gasteiger partial charge in [-0.15, -0.1) is 0 Å². The average Bonchev–Trinajstić information content (AvgIpc) is 2.47. The van der Waals surface area contributed by atoms with Gasteiger partial charge in [0.25, 0.3) is 0 Å². The molecule has 1 unspecified atom stereocenters. The van der Waals surface area contributed by atoms with E-state index in [4.69, 9.17) is 9.47 Å². The van der Waals surface area contributed by atoms with Crippen LogP contribution in [0.5, 0.6) is 5.75 Å². The van der Waals surface area contributed by atoms with Crippen LogP contribution in [0.25, 0.3) is 0 Å². The van der Waals surface area contributed by atoms with Crippen LogP contribution in [0.3, 0.4) is 0 Å². The quantitative estimate of drug-likeness (QED) is 0.836. The van der Waals surface area contributed by atoms with Crippen LogP contribution in [-0.2, 0) is 4.74 Å². The maximum absolute atomic E-state index is 10.1. The summed E-state index contributed by atoms with van der Waals surface area (Å²) in [5, 5.41) is 10.1. The summed E-state index contributed by atoms with van der Waals surface area (Å²) in [6.07, 6.45) is 1.79. The van der Waals surface area contributed by atoms with E-state index in [2.05, 4.69) is 11.9 Å². The molecule has 1 atom stereocenters. The molecule has 4 nitrogen and oxygen atoms in total. The van der Waals surface area contributed by atoms with Gasteiger partial charge in [0.1, 0.15) is 18.5 Å². The standard InChI is InChI=1S/C17H27NO3/c1-14-3-5-17(6-4-14)21-13-16(19)12-18(2)11-15-7-9-20-10-8-15/h3-6,15-16,19H,7-13H2,1-2H3. The van der Waals surface area contributed by atoms with Gasteiger partial charge < -0.3 is 19.5 Å². The Morgan fingerprint density at radius 1 is 1.29 bits per heavy atom. The van der Waals surface area contributed by atoms with E-state index in [0.717, 1.165) is 38.3 Å². The molecule has 1 aliphatic rings. The molecule has 1 aliphatic heterocycles. The van der Waals surface area contributed by atoms with Crippen molar-refractivity contribution in [3.8, 4) is 5.75 Å². The summed E-state index contributed by atoms with van der Waals surface area (Å²) in [5.41, 5.74) is 1.21. The zero-order valence-corrected chi connectivity index (χ0v) is 13.1. The highest BCUT2D eigenvalue weighted by Gasteiger charge is 2.17. The highest BCUT2D eigenvalue weighted by atomic mass is 16.5. The highest BCUT2D eigenvalue weighted by Crippen LogP contribution is 2.16. The van der Waals surface area contributed by atoms with E-state index in [0.29, 0.717) is 19.1 Å². The van der Waals surface area contributed by atoms with Gasteiger partial charge in [-0.2, -0.15) is 0 Å². The Hall–Kier alpha value is -1.10. The molecule has 1 aromatic carbocycles. The molecule has 4 heteroatoms. The first-order valence-electron chi connectivity index (χ1n) is 7.77. The second kappa shape index (κ2) is 8.37. The van der Waals surface area contributed by atoms with E-state index < -0.39 is 6.10 Å². The van der Waals surface area contributed by atoms with E-state index in [1.54, 1.807) is 0 Å². The predicted octanol–water partition coefficient (Wildman–Crippen LogP) is 2.09. The number of ether oxygens (including phenoxy) is 2. The molecule has 0 aromatic heterocycles. The van der Waals surface area contributed by atoms with E-state index >= 15 is 0 Å². The Labute approximate surface area is 127 Å². The Bertz CT molecular complexity index is 401. The molecule has 0 bridgehead atoms. The molecule has 1 saturated heterocycles. The first kappa shape index (κ1) is 16.3. The zero-order valence-electron chi connectivity index (χ0n) is 13.1. The summed E-state index contributed by atoms with van der Waals surface area (Å²) in [5.74, 6) is 1.50. The lowest BCUT2D eigenvalue weighted by Crippen LogP contribution is -2.37. The van der Waals surface area contributed by atoms with Crippen LogP contribution in [0, 0.1) is 12.8 Å². The predicted molar refractivity (Wildman–Crippen MR) is 83.7 cm³/mol. The van der Waals surface area contributed by atoms with Crippen molar-refractivity contribution in [3.63, 3.8) is 0 Å². The maximum Gasteiger partial charge on any atom is 0.119 e. The van der Waals surface area contributed by atoms with Crippen LogP contribution in [0.4, 0.5) is 0 Å². The lowest BCUT2D eigenvalue weighted by Gasteiger charge is -2.28. The smallest absolute Gasteiger partial charge is 0.119 e. The number of aliphatic hydroxyl groups excluding tert-OH is 1. The Morgan fingerprint density at radius 2 is 1.95 bits per heavy atom. The zero-order chi connectivity index (χ0) is 15.1. The molecule has 2 rings (SSSR count). The number of nitrogens with zero attached hydrogens (tertiary/aromatic N) is 1. The van der Waals surface area contributed by atoms with Crippen molar-refractivity contribution in [2.75, 3.05) is 40.0 Å². The van der Waals surface area contributed by atoms with Crippen molar-refractivity contribution in [3.05, 3.63) is 29.8 Å². The third-order valence-electron chi connectivity index (χ3n) is 3.90. The summed E-state index contributed by atoms with van der Waals surface area (Å²) < 4.78 is 11.0. The number of rotatable bonds is 7. The van der Waals surface area contributed by atoms with Crippen molar-refractivity contribution in [1.29, 1.82) is 0 Å². The van der Waals surface area contributed by atoms with Gasteiger partial charge in [-0.3, -0.25) is 0 Å². The first-order chi connectivity index (χ1) is 10.1. The van der Waals surface area contributed by atoms with Crippen LogP contribution < -0.4 is 4.74 Å². The van der Waals surface area contributed by atoms with Gasteiger partial charge in [0.05, 0.1) is 0 Å². The fraction of sp³-hybridized carbons (Fsp3) is 0.647. The number of hydrogen-bond acceptors (Lipinski definition) is 4. The lowest BCUT2D eigenvalue weighted by molar-refractivity contribution is 0.0399. The molecule has 0 amide bonds. The summed E-state index contributed by atoms with van der Waals surface area (Å²) in [6.45, 7) is 5.79. The molecular formula is C17H27NO3. The number of benzene rings is 1. The van der Waals surface area contributed by atoms with Gasteiger partial charge in [0, 0.05) is 26.3 Å². The van der Waals surface area contributed by atoms with Crippen LogP contribution >= 0.6 is 0 Å².